The van der Waals surface area contributed by atoms with Crippen molar-refractivity contribution in [3.05, 3.63) is 39.4 Å². The highest BCUT2D eigenvalue weighted by Gasteiger charge is 2.18. The van der Waals surface area contributed by atoms with Gasteiger partial charge in [-0.3, -0.25) is 4.79 Å². The highest BCUT2D eigenvalue weighted by atomic mass is 35.5. The van der Waals surface area contributed by atoms with Crippen LogP contribution >= 0.6 is 11.6 Å². The molecule has 0 bridgehead atoms. The molecule has 108 valence electrons. The first-order valence-electron chi connectivity index (χ1n) is 6.91. The van der Waals surface area contributed by atoms with Crippen LogP contribution in [0.1, 0.15) is 39.4 Å². The second kappa shape index (κ2) is 5.94. The Kier molecular flexibility index (Phi) is 4.45. The van der Waals surface area contributed by atoms with E-state index in [0.717, 1.165) is 12.8 Å². The zero-order valence-electron chi connectivity index (χ0n) is 12.1. The first-order valence-corrected chi connectivity index (χ1v) is 7.28. The smallest absolute Gasteiger partial charge is 0.258 e. The number of fused-ring (bicyclic) bond motifs is 1. The van der Waals surface area contributed by atoms with Crippen LogP contribution in [-0.4, -0.2) is 15.5 Å². The molecular formula is C15H20ClN3O. The summed E-state index contributed by atoms with van der Waals surface area (Å²) in [7, 11) is 0. The first-order chi connectivity index (χ1) is 9.47. The molecule has 0 spiro atoms. The van der Waals surface area contributed by atoms with Crippen molar-refractivity contribution in [2.24, 2.45) is 0 Å². The largest absolute Gasteiger partial charge is 0.309 e. The summed E-state index contributed by atoms with van der Waals surface area (Å²) in [6, 6.07) is 5.11. The summed E-state index contributed by atoms with van der Waals surface area (Å²) in [4.78, 5) is 19.3. The van der Waals surface area contributed by atoms with Gasteiger partial charge in [0, 0.05) is 10.6 Å². The minimum absolute atomic E-state index is 0.0574. The minimum atomic E-state index is -0.127. The van der Waals surface area contributed by atoms with Gasteiger partial charge in [-0.1, -0.05) is 25.4 Å². The first kappa shape index (κ1) is 15.0. The normalized spacial score (nSPS) is 12.0. The Balaban J connectivity index is 2.30. The summed E-state index contributed by atoms with van der Waals surface area (Å²) in [5.41, 5.74) is 0.563. The topological polar surface area (TPSA) is 57.8 Å². The van der Waals surface area contributed by atoms with Crippen molar-refractivity contribution < 1.29 is 0 Å². The van der Waals surface area contributed by atoms with Crippen molar-refractivity contribution in [3.8, 4) is 0 Å². The van der Waals surface area contributed by atoms with Crippen molar-refractivity contribution in [2.45, 2.75) is 45.7 Å². The van der Waals surface area contributed by atoms with E-state index in [9.17, 15) is 4.79 Å². The van der Waals surface area contributed by atoms with Gasteiger partial charge in [0.15, 0.2) is 0 Å². The predicted molar refractivity (Wildman–Crippen MR) is 83.2 cm³/mol. The standard InChI is InChI=1S/C15H20ClN3O/c1-4-15(3,5-2)17-9-13-18-12-8-10(16)6-7-11(12)14(20)19-13/h6-8,17H,4-5,9H2,1-3H3,(H,18,19,20). The summed E-state index contributed by atoms with van der Waals surface area (Å²) >= 11 is 5.95. The lowest BCUT2D eigenvalue weighted by Gasteiger charge is -2.28. The predicted octanol–water partition coefficient (Wildman–Crippen LogP) is 3.24. The molecule has 2 N–H and O–H groups in total. The molecule has 0 aliphatic rings. The average Bonchev–Trinajstić information content (AvgIpc) is 2.44. The van der Waals surface area contributed by atoms with Gasteiger partial charge in [0.25, 0.3) is 5.56 Å². The Morgan fingerprint density at radius 1 is 1.35 bits per heavy atom. The number of aromatic nitrogens is 2. The molecule has 0 aliphatic heterocycles. The Morgan fingerprint density at radius 3 is 2.70 bits per heavy atom. The molecule has 1 aromatic heterocycles. The summed E-state index contributed by atoms with van der Waals surface area (Å²) in [5.74, 6) is 0.637. The van der Waals surface area contributed by atoms with E-state index >= 15 is 0 Å². The van der Waals surface area contributed by atoms with Crippen LogP contribution in [-0.2, 0) is 6.54 Å². The maximum absolute atomic E-state index is 12.0. The zero-order chi connectivity index (χ0) is 14.8. The molecule has 0 saturated heterocycles. The number of rotatable bonds is 5. The van der Waals surface area contributed by atoms with E-state index in [2.05, 4.69) is 36.1 Å². The summed E-state index contributed by atoms with van der Waals surface area (Å²) < 4.78 is 0. The van der Waals surface area contributed by atoms with Crippen LogP contribution in [0.3, 0.4) is 0 Å². The van der Waals surface area contributed by atoms with Crippen molar-refractivity contribution in [1.82, 2.24) is 15.3 Å². The number of nitrogens with zero attached hydrogens (tertiary/aromatic N) is 1. The lowest BCUT2D eigenvalue weighted by Crippen LogP contribution is -2.41. The van der Waals surface area contributed by atoms with Crippen LogP contribution in [0, 0.1) is 0 Å². The molecule has 20 heavy (non-hydrogen) atoms. The van der Waals surface area contributed by atoms with Gasteiger partial charge >= 0.3 is 0 Å². The average molecular weight is 294 g/mol. The van der Waals surface area contributed by atoms with Crippen molar-refractivity contribution >= 4 is 22.5 Å². The molecule has 0 radical (unpaired) electrons. The van der Waals surface area contributed by atoms with Crippen molar-refractivity contribution in [3.63, 3.8) is 0 Å². The van der Waals surface area contributed by atoms with E-state index in [1.807, 2.05) is 0 Å². The van der Waals surface area contributed by atoms with Gasteiger partial charge < -0.3 is 10.3 Å². The Hall–Kier alpha value is -1.39. The summed E-state index contributed by atoms with van der Waals surface area (Å²) in [6.07, 6.45) is 2.04. The van der Waals surface area contributed by atoms with Crippen molar-refractivity contribution in [1.29, 1.82) is 0 Å². The Labute approximate surface area is 123 Å². The fourth-order valence-electron chi connectivity index (χ4n) is 2.04. The fourth-order valence-corrected chi connectivity index (χ4v) is 2.21. The third-order valence-electron chi connectivity index (χ3n) is 3.96. The number of hydrogen-bond donors (Lipinski definition) is 2. The highest BCUT2D eigenvalue weighted by Crippen LogP contribution is 2.16. The number of nitrogens with one attached hydrogen (secondary N) is 2. The minimum Gasteiger partial charge on any atom is -0.309 e. The van der Waals surface area contributed by atoms with Crippen LogP contribution in [0.5, 0.6) is 0 Å². The third kappa shape index (κ3) is 3.19. The van der Waals surface area contributed by atoms with E-state index in [4.69, 9.17) is 11.6 Å². The Bertz CT molecular complexity index is 662. The molecule has 0 amide bonds. The van der Waals surface area contributed by atoms with E-state index in [1.54, 1.807) is 18.2 Å². The number of halogens is 1. The van der Waals surface area contributed by atoms with E-state index in [-0.39, 0.29) is 11.1 Å². The second-order valence-corrected chi connectivity index (χ2v) is 5.73. The van der Waals surface area contributed by atoms with Crippen LogP contribution in [0.2, 0.25) is 5.02 Å². The monoisotopic (exact) mass is 293 g/mol. The summed E-state index contributed by atoms with van der Waals surface area (Å²) in [5, 5.41) is 4.60. The molecule has 0 fully saturated rings. The summed E-state index contributed by atoms with van der Waals surface area (Å²) in [6.45, 7) is 7.00. The molecule has 0 aliphatic carbocycles. The molecular weight excluding hydrogens is 274 g/mol. The van der Waals surface area contributed by atoms with E-state index in [0.29, 0.717) is 28.3 Å². The van der Waals surface area contributed by atoms with Gasteiger partial charge in [-0.2, -0.15) is 0 Å². The maximum Gasteiger partial charge on any atom is 0.258 e. The fraction of sp³-hybridized carbons (Fsp3) is 0.467. The number of H-pyrrole nitrogens is 1. The Morgan fingerprint density at radius 2 is 2.05 bits per heavy atom. The molecule has 2 aromatic rings. The molecule has 0 saturated carbocycles. The molecule has 0 unspecified atom stereocenters. The molecule has 0 atom stereocenters. The van der Waals surface area contributed by atoms with Gasteiger partial charge in [-0.25, -0.2) is 4.98 Å². The number of hydrogen-bond acceptors (Lipinski definition) is 3. The molecule has 5 heteroatoms. The van der Waals surface area contributed by atoms with Crippen molar-refractivity contribution in [2.75, 3.05) is 0 Å². The van der Waals surface area contributed by atoms with Gasteiger partial charge in [0.1, 0.15) is 5.82 Å². The number of aromatic amines is 1. The van der Waals surface area contributed by atoms with Gasteiger partial charge in [-0.05, 0) is 38.0 Å². The highest BCUT2D eigenvalue weighted by molar-refractivity contribution is 6.31. The number of benzene rings is 1. The lowest BCUT2D eigenvalue weighted by molar-refractivity contribution is 0.326. The van der Waals surface area contributed by atoms with Crippen LogP contribution in [0.15, 0.2) is 23.0 Å². The zero-order valence-corrected chi connectivity index (χ0v) is 12.8. The molecule has 2 rings (SSSR count). The van der Waals surface area contributed by atoms with E-state index < -0.39 is 0 Å². The van der Waals surface area contributed by atoms with Crippen LogP contribution in [0.25, 0.3) is 10.9 Å². The SMILES string of the molecule is CCC(C)(CC)NCc1nc2cc(Cl)ccc2c(=O)[nH]1. The van der Waals surface area contributed by atoms with Crippen LogP contribution < -0.4 is 10.9 Å². The maximum atomic E-state index is 12.0. The lowest BCUT2D eigenvalue weighted by atomic mass is 9.96. The molecule has 4 nitrogen and oxygen atoms in total. The van der Waals surface area contributed by atoms with Gasteiger partial charge in [-0.15, -0.1) is 0 Å². The second-order valence-electron chi connectivity index (χ2n) is 5.30. The van der Waals surface area contributed by atoms with Gasteiger partial charge in [0.05, 0.1) is 17.4 Å². The van der Waals surface area contributed by atoms with Gasteiger partial charge in [0.2, 0.25) is 0 Å². The third-order valence-corrected chi connectivity index (χ3v) is 4.20. The van der Waals surface area contributed by atoms with E-state index in [1.165, 1.54) is 0 Å². The molecule has 1 aromatic carbocycles. The quantitative estimate of drug-likeness (QED) is 0.890. The van der Waals surface area contributed by atoms with Crippen LogP contribution in [0.4, 0.5) is 0 Å². The molecule has 1 heterocycles.